The van der Waals surface area contributed by atoms with Gasteiger partial charge in [0, 0.05) is 37.7 Å². The fourth-order valence-corrected chi connectivity index (χ4v) is 7.42. The van der Waals surface area contributed by atoms with Crippen LogP contribution in [0.25, 0.3) is 0 Å². The fraction of sp³-hybridized carbons (Fsp3) is 0.652. The topological polar surface area (TPSA) is 410 Å². The van der Waals surface area contributed by atoms with E-state index in [0.29, 0.717) is 45.2 Å². The van der Waals surface area contributed by atoms with Gasteiger partial charge in [-0.15, -0.1) is 0 Å². The Balaban J connectivity index is 1.82. The molecule has 1 aliphatic heterocycles. The van der Waals surface area contributed by atoms with Crippen LogP contribution >= 0.6 is 23.5 Å². The summed E-state index contributed by atoms with van der Waals surface area (Å²) < 4.78 is 52.0. The third kappa shape index (κ3) is 16.8. The van der Waals surface area contributed by atoms with Crippen molar-refractivity contribution >= 4 is 47.1 Å². The number of nitrogens with zero attached hydrogens (tertiary/aromatic N) is 2. The summed E-state index contributed by atoms with van der Waals surface area (Å²) in [4.78, 5) is 103. The number of nitrogens with two attached hydrogens (primary N) is 3. The van der Waals surface area contributed by atoms with E-state index >= 15 is 0 Å². The molecule has 2 unspecified atom stereocenters. The van der Waals surface area contributed by atoms with Gasteiger partial charge >= 0.3 is 29.2 Å². The number of H-pyrrole nitrogens is 1. The summed E-state index contributed by atoms with van der Waals surface area (Å²) in [6.45, 7) is -0.349. The number of carbonyl (C=O) groups excluding carboxylic acids is 3. The van der Waals surface area contributed by atoms with Crippen LogP contribution in [-0.4, -0.2) is 95.9 Å². The van der Waals surface area contributed by atoms with E-state index in [0.717, 1.165) is 10.8 Å². The van der Waals surface area contributed by atoms with Crippen LogP contribution in [0.3, 0.4) is 0 Å². The first kappa shape index (κ1) is 44.0. The average Bonchev–Trinajstić information content (AvgIpc) is 3.35. The van der Waals surface area contributed by atoms with Gasteiger partial charge in [-0.1, -0.05) is 6.42 Å². The first-order chi connectivity index (χ1) is 23.6. The number of hydrogen-bond donors (Lipinski definition) is 11. The van der Waals surface area contributed by atoms with Crippen molar-refractivity contribution in [2.45, 2.75) is 75.8 Å². The van der Waals surface area contributed by atoms with E-state index in [9.17, 15) is 52.6 Å². The Labute approximate surface area is 288 Å². The molecule has 2 rings (SSSR count). The van der Waals surface area contributed by atoms with Crippen LogP contribution in [0.15, 0.2) is 20.8 Å². The van der Waals surface area contributed by atoms with E-state index in [1.165, 1.54) is 0 Å². The Morgan fingerprint density at radius 3 is 2.37 bits per heavy atom. The molecule has 28 heteroatoms. The number of carbonyl (C=O) groups is 3. The maximum atomic E-state index is 12.5. The Bertz CT molecular complexity index is 1680. The third-order valence-electron chi connectivity index (χ3n) is 6.69. The lowest BCUT2D eigenvalue weighted by molar-refractivity contribution is -0.130. The van der Waals surface area contributed by atoms with Crippen molar-refractivity contribution in [1.82, 2.24) is 20.2 Å². The van der Waals surface area contributed by atoms with Crippen molar-refractivity contribution in [3.63, 3.8) is 0 Å². The Morgan fingerprint density at radius 1 is 1.04 bits per heavy atom. The maximum absolute atomic E-state index is 12.5. The van der Waals surface area contributed by atoms with Gasteiger partial charge in [-0.25, -0.2) is 18.5 Å². The summed E-state index contributed by atoms with van der Waals surface area (Å²) in [6.07, 6.45) is -2.09. The van der Waals surface area contributed by atoms with E-state index in [-0.39, 0.29) is 30.3 Å². The van der Waals surface area contributed by atoms with Gasteiger partial charge in [0.1, 0.15) is 12.3 Å². The SMILES string of the molecule is NC(N)=NCCC[C@H](N)C(=O)NCCCCCC(=O)NC(=O)Cc1cn([C@H]2C[C@H](O)[C@@H](COP(=O)(O)OP(=O)(O)OP(=O)(O)O)O2)c(=O)[nH]c1=O. The highest BCUT2D eigenvalue weighted by Gasteiger charge is 2.43. The monoisotopic (exact) mass is 794 g/mol. The first-order valence-corrected chi connectivity index (χ1v) is 19.5. The number of phosphoric ester groups is 1. The van der Waals surface area contributed by atoms with Crippen molar-refractivity contribution in [3.8, 4) is 0 Å². The zero-order valence-electron chi connectivity index (χ0n) is 26.8. The molecule has 0 spiro atoms. The molecule has 1 aliphatic rings. The molecule has 2 heterocycles. The largest absolute Gasteiger partial charge is 0.490 e. The van der Waals surface area contributed by atoms with Gasteiger partial charge in [0.25, 0.3) is 5.56 Å². The molecule has 25 nitrogen and oxygen atoms in total. The summed E-state index contributed by atoms with van der Waals surface area (Å²) >= 11 is 0. The van der Waals surface area contributed by atoms with Crippen LogP contribution in [-0.2, 0) is 52.4 Å². The Kier molecular flexibility index (Phi) is 16.9. The van der Waals surface area contributed by atoms with Gasteiger partial charge < -0.3 is 51.9 Å². The Morgan fingerprint density at radius 2 is 1.73 bits per heavy atom. The van der Waals surface area contributed by atoms with Crippen molar-refractivity contribution in [3.05, 3.63) is 32.6 Å². The van der Waals surface area contributed by atoms with Gasteiger partial charge in [-0.2, -0.15) is 8.62 Å². The van der Waals surface area contributed by atoms with Crippen molar-refractivity contribution < 1.29 is 70.6 Å². The normalized spacial score (nSPS) is 20.5. The predicted molar refractivity (Wildman–Crippen MR) is 172 cm³/mol. The lowest BCUT2D eigenvalue weighted by atomic mass is 10.1. The van der Waals surface area contributed by atoms with Crippen molar-refractivity contribution in [2.24, 2.45) is 22.2 Å². The van der Waals surface area contributed by atoms with Gasteiger partial charge in [0.05, 0.1) is 25.2 Å². The highest BCUT2D eigenvalue weighted by molar-refractivity contribution is 7.66. The number of imide groups is 1. The quantitative estimate of drug-likeness (QED) is 0.0252. The smallest absolute Gasteiger partial charge is 0.390 e. The summed E-state index contributed by atoms with van der Waals surface area (Å²) in [6, 6.07) is -0.730. The zero-order chi connectivity index (χ0) is 38.6. The summed E-state index contributed by atoms with van der Waals surface area (Å²) in [5, 5.41) is 15.1. The predicted octanol–water partition coefficient (Wildman–Crippen LogP) is -3.23. The minimum Gasteiger partial charge on any atom is -0.390 e. The number of guanidine groups is 1. The number of rotatable bonds is 21. The first-order valence-electron chi connectivity index (χ1n) is 14.9. The number of phosphoric acid groups is 3. The van der Waals surface area contributed by atoms with E-state index in [1.54, 1.807) is 0 Å². The number of amides is 3. The maximum Gasteiger partial charge on any atom is 0.490 e. The number of unbranched alkanes of at least 4 members (excludes halogenated alkanes) is 2. The highest BCUT2D eigenvalue weighted by Crippen LogP contribution is 2.66. The van der Waals surface area contributed by atoms with Crippen LogP contribution in [0.2, 0.25) is 0 Å². The number of aromatic amines is 1. The molecule has 1 aromatic heterocycles. The van der Waals surface area contributed by atoms with Crippen molar-refractivity contribution in [1.29, 1.82) is 0 Å². The second-order valence-corrected chi connectivity index (χ2v) is 15.4. The molecule has 0 saturated carbocycles. The minimum atomic E-state index is -5.79. The van der Waals surface area contributed by atoms with Gasteiger partial charge in [-0.05, 0) is 25.7 Å². The Hall–Kier alpha value is -3.15. The lowest BCUT2D eigenvalue weighted by Crippen LogP contribution is -2.41. The molecule has 3 amide bonds. The molecular formula is C23H41N8O17P3. The molecule has 1 aromatic rings. The summed E-state index contributed by atoms with van der Waals surface area (Å²) in [7, 11) is -17.0. The van der Waals surface area contributed by atoms with Gasteiger partial charge in [0.2, 0.25) is 17.7 Å². The molecule has 6 atom stereocenters. The molecular weight excluding hydrogens is 753 g/mol. The van der Waals surface area contributed by atoms with Crippen LogP contribution in [0, 0.1) is 0 Å². The van der Waals surface area contributed by atoms with Crippen LogP contribution in [0.1, 0.15) is 56.7 Å². The van der Waals surface area contributed by atoms with Gasteiger partial charge in [-0.3, -0.25) is 43.6 Å². The molecule has 1 fully saturated rings. The fourth-order valence-electron chi connectivity index (χ4n) is 4.39. The van der Waals surface area contributed by atoms with Crippen molar-refractivity contribution in [2.75, 3.05) is 19.7 Å². The average molecular weight is 795 g/mol. The van der Waals surface area contributed by atoms with Crippen LogP contribution < -0.4 is 39.1 Å². The molecule has 290 valence electrons. The summed E-state index contributed by atoms with van der Waals surface area (Å²) in [5.74, 6) is -1.91. The lowest BCUT2D eigenvalue weighted by Gasteiger charge is -2.19. The second kappa shape index (κ2) is 19.6. The van der Waals surface area contributed by atoms with Crippen LogP contribution in [0.4, 0.5) is 0 Å². The minimum absolute atomic E-state index is 0.0462. The molecule has 14 N–H and O–H groups in total. The number of aliphatic hydroxyl groups excluding tert-OH is 1. The molecule has 0 bridgehead atoms. The third-order valence-corrected chi connectivity index (χ3v) is 10.5. The molecule has 0 aliphatic carbocycles. The number of aliphatic imine (C=N–C) groups is 1. The standard InChI is InChI=1S/C23H41N8O17P3/c24-14(5-4-8-28-22(25)26)21(36)27-7-3-1-2-6-17(33)29-18(34)9-13-11-31(23(37)30-20(13)35)19-10-15(32)16(46-19)12-45-50(41,42)48-51(43,44)47-49(38,39)40/h11,14-16,19,32H,1-10,12,24H2,(H,27,36)(H,41,42)(H,43,44)(H4,25,26,28)(H,29,33,34)(H,30,35,37)(H2,38,39,40)/t14-,15-,16+,19+/m0/s1. The van der Waals surface area contributed by atoms with E-state index in [2.05, 4.69) is 28.8 Å². The number of nitrogens with one attached hydrogen (secondary N) is 3. The number of hydrogen-bond acceptors (Lipinski definition) is 15. The number of aromatic nitrogens is 2. The van der Waals surface area contributed by atoms with E-state index < -0.39 is 84.0 Å². The zero-order valence-corrected chi connectivity index (χ0v) is 29.5. The number of aliphatic hydroxyl groups is 1. The van der Waals surface area contributed by atoms with E-state index in [1.807, 2.05) is 4.98 Å². The second-order valence-electron chi connectivity index (χ2n) is 10.9. The van der Waals surface area contributed by atoms with Crippen LogP contribution in [0.5, 0.6) is 0 Å². The molecule has 0 radical (unpaired) electrons. The highest BCUT2D eigenvalue weighted by atomic mass is 31.3. The molecule has 1 saturated heterocycles. The number of ether oxygens (including phenoxy) is 1. The molecule has 0 aromatic carbocycles. The molecule has 51 heavy (non-hydrogen) atoms. The van der Waals surface area contributed by atoms with E-state index in [4.69, 9.17) is 31.7 Å². The van der Waals surface area contributed by atoms with Gasteiger partial charge in [0.15, 0.2) is 5.96 Å². The summed E-state index contributed by atoms with van der Waals surface area (Å²) in [5.41, 5.74) is 14.0.